The number of esters is 1. The van der Waals surface area contributed by atoms with Crippen molar-refractivity contribution in [3.63, 3.8) is 0 Å². The number of hydrogen-bond donors (Lipinski definition) is 0. The van der Waals surface area contributed by atoms with Crippen molar-refractivity contribution in [2.45, 2.75) is 19.8 Å². The van der Waals surface area contributed by atoms with Crippen LogP contribution in [0, 0.1) is 11.7 Å². The zero-order valence-electron chi connectivity index (χ0n) is 12.9. The Balaban J connectivity index is 1.73. The Morgan fingerprint density at radius 2 is 2.17 bits per heavy atom. The number of ether oxygens (including phenoxy) is 2. The zero-order valence-corrected chi connectivity index (χ0v) is 14.5. The highest BCUT2D eigenvalue weighted by atomic mass is 79.9. The van der Waals surface area contributed by atoms with E-state index in [1.165, 1.54) is 12.1 Å². The number of carbonyl (C=O) groups excluding carboxylic acids is 2. The van der Waals surface area contributed by atoms with E-state index in [1.807, 2.05) is 0 Å². The van der Waals surface area contributed by atoms with Crippen LogP contribution in [0.3, 0.4) is 0 Å². The molecule has 1 aromatic carbocycles. The molecule has 0 radical (unpaired) electrons. The van der Waals surface area contributed by atoms with Gasteiger partial charge >= 0.3 is 5.97 Å². The van der Waals surface area contributed by atoms with Gasteiger partial charge in [-0.1, -0.05) is 22.9 Å². The summed E-state index contributed by atoms with van der Waals surface area (Å²) in [5.74, 6) is -1.07. The molecule has 1 amide bonds. The first-order chi connectivity index (χ1) is 11.0. The average molecular weight is 388 g/mol. The maximum atomic E-state index is 13.5. The van der Waals surface area contributed by atoms with E-state index in [0.717, 1.165) is 12.8 Å². The number of rotatable bonds is 5. The van der Waals surface area contributed by atoms with Crippen LogP contribution in [0.25, 0.3) is 0 Å². The van der Waals surface area contributed by atoms with Gasteiger partial charge in [-0.25, -0.2) is 9.18 Å². The van der Waals surface area contributed by atoms with Crippen molar-refractivity contribution in [3.8, 4) is 5.75 Å². The molecule has 1 aliphatic rings. The van der Waals surface area contributed by atoms with Crippen LogP contribution < -0.4 is 4.74 Å². The van der Waals surface area contributed by atoms with Gasteiger partial charge in [-0.3, -0.25) is 4.79 Å². The van der Waals surface area contributed by atoms with Gasteiger partial charge < -0.3 is 14.4 Å². The van der Waals surface area contributed by atoms with Crippen LogP contribution in [-0.2, 0) is 14.3 Å². The third-order valence-electron chi connectivity index (χ3n) is 3.61. The lowest BCUT2D eigenvalue weighted by Gasteiger charge is -2.30. The second kappa shape index (κ2) is 8.29. The lowest BCUT2D eigenvalue weighted by Crippen LogP contribution is -2.41. The molecule has 126 valence electrons. The molecule has 0 spiro atoms. The molecule has 1 aromatic rings. The molecule has 1 aliphatic heterocycles. The first-order valence-corrected chi connectivity index (χ1v) is 8.26. The Bertz CT molecular complexity index is 581. The largest absolute Gasteiger partial charge is 0.479 e. The third kappa shape index (κ3) is 5.49. The van der Waals surface area contributed by atoms with Gasteiger partial charge in [0.2, 0.25) is 0 Å². The highest BCUT2D eigenvalue weighted by Gasteiger charge is 2.21. The van der Waals surface area contributed by atoms with Crippen molar-refractivity contribution < 1.29 is 23.5 Å². The molecule has 5 nitrogen and oxygen atoms in total. The summed E-state index contributed by atoms with van der Waals surface area (Å²) in [5, 5.41) is 0. The van der Waals surface area contributed by atoms with Gasteiger partial charge in [0.25, 0.3) is 5.91 Å². The van der Waals surface area contributed by atoms with E-state index < -0.39 is 18.4 Å². The summed E-state index contributed by atoms with van der Waals surface area (Å²) < 4.78 is 24.0. The Labute approximate surface area is 142 Å². The molecule has 7 heteroatoms. The van der Waals surface area contributed by atoms with Crippen molar-refractivity contribution in [3.05, 3.63) is 28.5 Å². The minimum Gasteiger partial charge on any atom is -0.479 e. The van der Waals surface area contributed by atoms with Crippen molar-refractivity contribution in [2.75, 3.05) is 26.3 Å². The van der Waals surface area contributed by atoms with Gasteiger partial charge in [0.15, 0.2) is 24.8 Å². The number of nitrogens with zero attached hydrogens (tertiary/aromatic N) is 1. The first-order valence-electron chi connectivity index (χ1n) is 7.47. The highest BCUT2D eigenvalue weighted by Crippen LogP contribution is 2.21. The maximum absolute atomic E-state index is 13.5. The van der Waals surface area contributed by atoms with E-state index >= 15 is 0 Å². The van der Waals surface area contributed by atoms with Crippen LogP contribution in [-0.4, -0.2) is 43.1 Å². The van der Waals surface area contributed by atoms with Crippen LogP contribution in [0.5, 0.6) is 5.75 Å². The van der Waals surface area contributed by atoms with Crippen molar-refractivity contribution in [1.82, 2.24) is 4.90 Å². The summed E-state index contributed by atoms with van der Waals surface area (Å²) in [4.78, 5) is 25.3. The molecule has 0 saturated carbocycles. The summed E-state index contributed by atoms with van der Waals surface area (Å²) in [6.07, 6.45) is 2.07. The summed E-state index contributed by atoms with van der Waals surface area (Å²) in [6.45, 7) is 2.73. The third-order valence-corrected chi connectivity index (χ3v) is 4.10. The number of amides is 1. The molecule has 23 heavy (non-hydrogen) atoms. The minimum absolute atomic E-state index is 0.0404. The van der Waals surface area contributed by atoms with E-state index in [4.69, 9.17) is 9.47 Å². The van der Waals surface area contributed by atoms with Crippen LogP contribution in [0.1, 0.15) is 19.8 Å². The van der Waals surface area contributed by atoms with Gasteiger partial charge in [-0.05, 0) is 37.0 Å². The molecule has 0 aliphatic carbocycles. The Hall–Kier alpha value is -1.63. The molecule has 1 atom stereocenters. The smallest absolute Gasteiger partial charge is 0.344 e. The SMILES string of the molecule is CC1CCCN(C(=O)COC(=O)COc2ccc(Br)cc2F)C1. The van der Waals surface area contributed by atoms with Gasteiger partial charge in [-0.2, -0.15) is 0 Å². The maximum Gasteiger partial charge on any atom is 0.344 e. The van der Waals surface area contributed by atoms with Gasteiger partial charge in [0.1, 0.15) is 0 Å². The molecule has 1 fully saturated rings. The summed E-state index contributed by atoms with van der Waals surface area (Å²) in [5.41, 5.74) is 0. The lowest BCUT2D eigenvalue weighted by molar-refractivity contribution is -0.154. The summed E-state index contributed by atoms with van der Waals surface area (Å²) in [6, 6.07) is 4.25. The number of hydrogen-bond acceptors (Lipinski definition) is 4. The second-order valence-electron chi connectivity index (χ2n) is 5.61. The quantitative estimate of drug-likeness (QED) is 0.728. The normalized spacial score (nSPS) is 17.7. The number of piperidine rings is 1. The van der Waals surface area contributed by atoms with Crippen LogP contribution >= 0.6 is 15.9 Å². The van der Waals surface area contributed by atoms with Crippen molar-refractivity contribution in [2.24, 2.45) is 5.92 Å². The van der Waals surface area contributed by atoms with Crippen LogP contribution in [0.2, 0.25) is 0 Å². The predicted molar refractivity (Wildman–Crippen MR) is 85.5 cm³/mol. The molecule has 2 rings (SSSR count). The topological polar surface area (TPSA) is 55.8 Å². The second-order valence-corrected chi connectivity index (χ2v) is 6.53. The van der Waals surface area contributed by atoms with Crippen molar-refractivity contribution >= 4 is 27.8 Å². The molecular formula is C16H19BrFNO4. The summed E-state index contributed by atoms with van der Waals surface area (Å²) >= 11 is 3.13. The molecule has 1 unspecified atom stereocenters. The molecule has 0 bridgehead atoms. The Morgan fingerprint density at radius 3 is 2.87 bits per heavy atom. The fourth-order valence-electron chi connectivity index (χ4n) is 2.42. The molecule has 1 saturated heterocycles. The Morgan fingerprint density at radius 1 is 1.39 bits per heavy atom. The van der Waals surface area contributed by atoms with E-state index in [1.54, 1.807) is 11.0 Å². The van der Waals surface area contributed by atoms with Crippen LogP contribution in [0.15, 0.2) is 22.7 Å². The first kappa shape index (κ1) is 17.7. The van der Waals surface area contributed by atoms with E-state index in [0.29, 0.717) is 23.5 Å². The van der Waals surface area contributed by atoms with Gasteiger partial charge in [0.05, 0.1) is 0 Å². The van der Waals surface area contributed by atoms with E-state index in [2.05, 4.69) is 22.9 Å². The van der Waals surface area contributed by atoms with Gasteiger partial charge in [-0.15, -0.1) is 0 Å². The highest BCUT2D eigenvalue weighted by molar-refractivity contribution is 9.10. The van der Waals surface area contributed by atoms with E-state index in [9.17, 15) is 14.0 Å². The number of likely N-dealkylation sites (tertiary alicyclic amines) is 1. The fourth-order valence-corrected chi connectivity index (χ4v) is 2.75. The minimum atomic E-state index is -0.703. The lowest BCUT2D eigenvalue weighted by atomic mass is 10.0. The van der Waals surface area contributed by atoms with E-state index in [-0.39, 0.29) is 18.3 Å². The van der Waals surface area contributed by atoms with Crippen LogP contribution in [0.4, 0.5) is 4.39 Å². The number of halogens is 2. The number of carbonyl (C=O) groups is 2. The van der Waals surface area contributed by atoms with Gasteiger partial charge in [0, 0.05) is 17.6 Å². The monoisotopic (exact) mass is 387 g/mol. The molecule has 0 aromatic heterocycles. The number of benzene rings is 1. The molecular weight excluding hydrogens is 369 g/mol. The molecule has 0 N–H and O–H groups in total. The fraction of sp³-hybridized carbons (Fsp3) is 0.500. The zero-order chi connectivity index (χ0) is 16.8. The average Bonchev–Trinajstić information content (AvgIpc) is 2.51. The predicted octanol–water partition coefficient (Wildman–Crippen LogP) is 2.77. The van der Waals surface area contributed by atoms with Crippen molar-refractivity contribution in [1.29, 1.82) is 0 Å². The summed E-state index contributed by atoms with van der Waals surface area (Å²) in [7, 11) is 0. The Kier molecular flexibility index (Phi) is 6.38. The molecule has 1 heterocycles. The standard InChI is InChI=1S/C16H19BrFNO4/c1-11-3-2-6-19(8-11)15(20)9-23-16(21)10-22-14-5-4-12(17)7-13(14)18/h4-5,7,11H,2-3,6,8-10H2,1H3.